The lowest BCUT2D eigenvalue weighted by molar-refractivity contribution is -0.154. The first-order chi connectivity index (χ1) is 19.7. The van der Waals surface area contributed by atoms with Gasteiger partial charge in [0.25, 0.3) is 0 Å². The molecule has 14 nitrogen and oxygen atoms in total. The largest absolute Gasteiger partial charge is 0.461 e. The van der Waals surface area contributed by atoms with Crippen molar-refractivity contribution >= 4 is 31.8 Å². The summed E-state index contributed by atoms with van der Waals surface area (Å²) in [5, 5.41) is 29.1. The lowest BCUT2D eigenvalue weighted by atomic mass is 9.91. The Hall–Kier alpha value is -3.39. The number of ether oxygens (including phenoxy) is 2. The number of nitrogens with zero attached hydrogens (tertiary/aromatic N) is 4. The molecule has 6 atom stereocenters. The Balaban J connectivity index is 1.37. The predicted molar refractivity (Wildman–Crippen MR) is 147 cm³/mol. The van der Waals surface area contributed by atoms with Gasteiger partial charge in [-0.2, -0.15) is 10.2 Å². The van der Waals surface area contributed by atoms with Crippen LogP contribution in [-0.2, 0) is 29.0 Å². The Kier molecular flexibility index (Phi) is 8.41. The molecule has 3 aromatic rings. The van der Waals surface area contributed by atoms with Crippen LogP contribution in [0, 0.1) is 0 Å². The molecule has 1 saturated carbocycles. The second-order valence-corrected chi connectivity index (χ2v) is 11.8. The highest BCUT2D eigenvalue weighted by Gasteiger charge is 2.57. The molecule has 2 aliphatic rings. The fourth-order valence-electron chi connectivity index (χ4n) is 4.81. The molecular formula is C26H33N6O8P. The lowest BCUT2D eigenvalue weighted by Gasteiger charge is -2.30. The molecule has 3 heterocycles. The Bertz CT molecular complexity index is 1440. The maximum Gasteiger partial charge on any atom is 0.459 e. The van der Waals surface area contributed by atoms with Gasteiger partial charge in [-0.1, -0.05) is 18.2 Å². The van der Waals surface area contributed by atoms with Gasteiger partial charge in [0.2, 0.25) is 0 Å². The van der Waals surface area contributed by atoms with Crippen LogP contribution in [0.3, 0.4) is 0 Å². The SMILES string of the molecule is C=NC[C@@]1(c2ccc3c(N)ncnn23)O[C@H](COP(=O)(N[C@@H](C)C(=O)OC2CCC2)Oc2ccccc2)[C@@H](O)[C@H]1O. The highest BCUT2D eigenvalue weighted by atomic mass is 31.2. The van der Waals surface area contributed by atoms with E-state index in [1.165, 1.54) is 17.8 Å². The van der Waals surface area contributed by atoms with E-state index in [4.69, 9.17) is 24.3 Å². The minimum atomic E-state index is -4.25. The molecule has 0 spiro atoms. The molecule has 1 aromatic carbocycles. The fourth-order valence-corrected chi connectivity index (χ4v) is 6.31. The van der Waals surface area contributed by atoms with Gasteiger partial charge in [0.15, 0.2) is 11.4 Å². The van der Waals surface area contributed by atoms with Crippen LogP contribution in [0.25, 0.3) is 5.52 Å². The quantitative estimate of drug-likeness (QED) is 0.136. The van der Waals surface area contributed by atoms with Crippen molar-refractivity contribution in [2.24, 2.45) is 4.99 Å². The average molecular weight is 589 g/mol. The molecule has 220 valence electrons. The number of nitrogens with two attached hydrogens (primary N) is 1. The number of rotatable bonds is 12. The highest BCUT2D eigenvalue weighted by Crippen LogP contribution is 2.47. The number of carbonyl (C=O) groups excluding carboxylic acids is 1. The molecule has 1 aliphatic carbocycles. The van der Waals surface area contributed by atoms with E-state index < -0.39 is 50.3 Å². The summed E-state index contributed by atoms with van der Waals surface area (Å²) >= 11 is 0. The van der Waals surface area contributed by atoms with Gasteiger partial charge in [-0.3, -0.25) is 14.3 Å². The number of nitrogens with one attached hydrogen (secondary N) is 1. The summed E-state index contributed by atoms with van der Waals surface area (Å²) in [6, 6.07) is 10.5. The molecule has 2 aromatic heterocycles. The van der Waals surface area contributed by atoms with Gasteiger partial charge in [-0.05, 0) is 57.2 Å². The standard InChI is InChI=1S/C26H33N6O8P/c1-16(25(35)38-17-9-6-10-17)31-41(36,40-18-7-4-3-5-8-18)37-13-20-22(33)23(34)26(39-20,14-28-2)21-12-11-19-24(27)29-15-30-32(19)21/h3-5,7-8,11-12,15-17,20,22-23,33-34H,2,6,9-10,13-14H2,1H3,(H,31,36)(H2,27,29,30)/t16-,20+,22+,23+,26-,41?/m0/s1. The van der Waals surface area contributed by atoms with E-state index in [2.05, 4.69) is 26.9 Å². The van der Waals surface area contributed by atoms with E-state index in [0.717, 1.165) is 19.3 Å². The highest BCUT2D eigenvalue weighted by molar-refractivity contribution is 7.52. The Labute approximate surface area is 236 Å². The van der Waals surface area contributed by atoms with Crippen molar-refractivity contribution in [2.45, 2.75) is 62.2 Å². The van der Waals surface area contributed by atoms with Gasteiger partial charge in [0.05, 0.1) is 18.8 Å². The molecule has 41 heavy (non-hydrogen) atoms. The first-order valence-corrected chi connectivity index (χ1v) is 14.7. The van der Waals surface area contributed by atoms with Crippen LogP contribution in [-0.4, -0.2) is 81.1 Å². The van der Waals surface area contributed by atoms with Crippen molar-refractivity contribution in [1.82, 2.24) is 19.7 Å². The first kappa shape index (κ1) is 29.1. The fraction of sp³-hybridized carbons (Fsp3) is 0.462. The second kappa shape index (κ2) is 11.8. The molecule has 1 saturated heterocycles. The first-order valence-electron chi connectivity index (χ1n) is 13.2. The van der Waals surface area contributed by atoms with Crippen molar-refractivity contribution in [3.8, 4) is 5.75 Å². The maximum absolute atomic E-state index is 13.9. The monoisotopic (exact) mass is 588 g/mol. The predicted octanol–water partition coefficient (Wildman–Crippen LogP) is 1.61. The summed E-state index contributed by atoms with van der Waals surface area (Å²) in [6.07, 6.45) is -0.560. The third kappa shape index (κ3) is 5.85. The van der Waals surface area contributed by atoms with Crippen LogP contribution in [0.4, 0.5) is 5.82 Å². The Morgan fingerprint density at radius 2 is 2.07 bits per heavy atom. The average Bonchev–Trinajstić information content (AvgIpc) is 3.47. The zero-order valence-corrected chi connectivity index (χ0v) is 23.3. The van der Waals surface area contributed by atoms with Crippen LogP contribution < -0.4 is 15.3 Å². The van der Waals surface area contributed by atoms with E-state index in [0.29, 0.717) is 11.2 Å². The number of aliphatic hydroxyl groups is 2. The molecular weight excluding hydrogens is 555 g/mol. The van der Waals surface area contributed by atoms with Crippen LogP contribution >= 0.6 is 7.75 Å². The number of aliphatic imine (C=N–C) groups is 1. The molecule has 5 N–H and O–H groups in total. The molecule has 2 fully saturated rings. The number of esters is 1. The smallest absolute Gasteiger partial charge is 0.459 e. The number of carbonyl (C=O) groups is 1. The van der Waals surface area contributed by atoms with Gasteiger partial charge >= 0.3 is 13.7 Å². The van der Waals surface area contributed by atoms with Crippen LogP contribution in [0.15, 0.2) is 53.8 Å². The van der Waals surface area contributed by atoms with Gasteiger partial charge in [0.1, 0.15) is 48.1 Å². The second-order valence-electron chi connectivity index (χ2n) is 10.1. The normalized spacial score (nSPS) is 26.7. The number of anilines is 1. The summed E-state index contributed by atoms with van der Waals surface area (Å²) < 4.78 is 38.4. The number of fused-ring (bicyclic) bond motifs is 1. The van der Waals surface area contributed by atoms with Crippen LogP contribution in [0.2, 0.25) is 0 Å². The number of nitrogen functional groups attached to an aromatic ring is 1. The summed E-state index contributed by atoms with van der Waals surface area (Å²) in [5.74, 6) is -0.172. The van der Waals surface area contributed by atoms with Gasteiger partial charge in [0, 0.05) is 0 Å². The Morgan fingerprint density at radius 1 is 1.32 bits per heavy atom. The van der Waals surface area contributed by atoms with E-state index >= 15 is 0 Å². The van der Waals surface area contributed by atoms with E-state index in [1.807, 2.05) is 0 Å². The van der Waals surface area contributed by atoms with Crippen molar-refractivity contribution < 1.29 is 38.1 Å². The molecule has 5 rings (SSSR count). The molecule has 0 amide bonds. The topological polar surface area (TPSA) is 192 Å². The molecule has 0 radical (unpaired) electrons. The number of hydrogen-bond acceptors (Lipinski definition) is 12. The molecule has 1 unspecified atom stereocenters. The van der Waals surface area contributed by atoms with Crippen molar-refractivity contribution in [2.75, 3.05) is 18.9 Å². The summed E-state index contributed by atoms with van der Waals surface area (Å²) in [5.41, 5.74) is 5.18. The summed E-state index contributed by atoms with van der Waals surface area (Å²) in [4.78, 5) is 20.5. The van der Waals surface area contributed by atoms with E-state index in [-0.39, 0.29) is 24.2 Å². The van der Waals surface area contributed by atoms with Crippen molar-refractivity contribution in [3.05, 3.63) is 54.5 Å². The third-order valence-electron chi connectivity index (χ3n) is 7.22. The number of aliphatic hydroxyl groups excluding tert-OH is 2. The van der Waals surface area contributed by atoms with Crippen molar-refractivity contribution in [1.29, 1.82) is 0 Å². The van der Waals surface area contributed by atoms with Crippen LogP contribution in [0.1, 0.15) is 31.9 Å². The minimum Gasteiger partial charge on any atom is -0.461 e. The molecule has 15 heteroatoms. The number of para-hydroxylation sites is 1. The maximum atomic E-state index is 13.9. The number of aromatic nitrogens is 3. The zero-order chi connectivity index (χ0) is 29.2. The lowest BCUT2D eigenvalue weighted by Crippen LogP contribution is -2.44. The van der Waals surface area contributed by atoms with E-state index in [9.17, 15) is 19.6 Å². The third-order valence-corrected chi connectivity index (χ3v) is 8.87. The van der Waals surface area contributed by atoms with Gasteiger partial charge < -0.3 is 29.9 Å². The van der Waals surface area contributed by atoms with Gasteiger partial charge in [-0.25, -0.2) is 14.1 Å². The molecule has 0 bridgehead atoms. The Morgan fingerprint density at radius 3 is 2.76 bits per heavy atom. The number of benzene rings is 1. The summed E-state index contributed by atoms with van der Waals surface area (Å²) in [7, 11) is -4.25. The van der Waals surface area contributed by atoms with E-state index in [1.54, 1.807) is 42.5 Å². The van der Waals surface area contributed by atoms with Gasteiger partial charge in [-0.15, -0.1) is 0 Å². The minimum absolute atomic E-state index is 0.155. The number of hydrogen-bond donors (Lipinski definition) is 4. The van der Waals surface area contributed by atoms with Crippen molar-refractivity contribution in [3.63, 3.8) is 0 Å². The van der Waals surface area contributed by atoms with Crippen LogP contribution in [0.5, 0.6) is 5.75 Å². The zero-order valence-electron chi connectivity index (χ0n) is 22.4. The summed E-state index contributed by atoms with van der Waals surface area (Å²) in [6.45, 7) is 4.38. The molecule has 1 aliphatic heterocycles.